The molecule has 0 bridgehead atoms. The summed E-state index contributed by atoms with van der Waals surface area (Å²) in [5, 5.41) is 14.4. The first-order valence-corrected chi connectivity index (χ1v) is 14.0. The smallest absolute Gasteiger partial charge is 0.382 e. The summed E-state index contributed by atoms with van der Waals surface area (Å²) < 4.78 is 84.7. The summed E-state index contributed by atoms with van der Waals surface area (Å²) in [7, 11) is 0. The molecule has 236 valence electrons. The molecule has 1 N–H and O–H groups in total. The molecule has 0 unspecified atom stereocenters. The second-order valence-electron chi connectivity index (χ2n) is 10.9. The van der Waals surface area contributed by atoms with Gasteiger partial charge in [-0.05, 0) is 68.1 Å². The molecule has 2 heterocycles. The highest BCUT2D eigenvalue weighted by molar-refractivity contribution is 5.81. The van der Waals surface area contributed by atoms with Gasteiger partial charge in [0.05, 0.1) is 22.1 Å². The van der Waals surface area contributed by atoms with E-state index in [-0.39, 0.29) is 30.3 Å². The fourth-order valence-electron chi connectivity index (χ4n) is 5.55. The van der Waals surface area contributed by atoms with E-state index in [0.717, 1.165) is 24.3 Å². The van der Waals surface area contributed by atoms with Gasteiger partial charge in [-0.15, -0.1) is 0 Å². The van der Waals surface area contributed by atoms with Gasteiger partial charge in [0.2, 0.25) is 5.91 Å². The van der Waals surface area contributed by atoms with E-state index in [9.17, 15) is 41.3 Å². The number of amides is 1. The van der Waals surface area contributed by atoms with Crippen molar-refractivity contribution in [3.05, 3.63) is 69.8 Å². The van der Waals surface area contributed by atoms with Crippen LogP contribution in [0.1, 0.15) is 36.8 Å². The lowest BCUT2D eigenvalue weighted by Gasteiger charge is -2.36. The normalized spacial score (nSPS) is 19.7. The number of nitrogens with one attached hydrogen (secondary N) is 1. The monoisotopic (exact) mass is 625 g/mol. The van der Waals surface area contributed by atoms with E-state index in [1.807, 2.05) is 4.90 Å². The third-order valence-corrected chi connectivity index (χ3v) is 7.94. The van der Waals surface area contributed by atoms with Crippen molar-refractivity contribution in [3.8, 4) is 0 Å². The molecule has 1 saturated carbocycles. The van der Waals surface area contributed by atoms with E-state index in [0.29, 0.717) is 68.6 Å². The predicted molar refractivity (Wildman–Crippen MR) is 149 cm³/mol. The molecule has 1 aromatic heterocycles. The number of anilines is 2. The number of hydrogen-bond donors (Lipinski definition) is 1. The Morgan fingerprint density at radius 1 is 0.932 bits per heavy atom. The summed E-state index contributed by atoms with van der Waals surface area (Å²) in [6, 6.07) is 9.42. The summed E-state index contributed by atoms with van der Waals surface area (Å²) in [6.45, 7) is 1.76. The van der Waals surface area contributed by atoms with Crippen molar-refractivity contribution < 1.29 is 40.8 Å². The number of benzene rings is 2. The molecular formula is C29H29F6N5O4. The molecule has 0 radical (unpaired) electrons. The van der Waals surface area contributed by atoms with Gasteiger partial charge in [-0.25, -0.2) is 4.98 Å². The highest BCUT2D eigenvalue weighted by atomic mass is 19.4. The number of nitro groups is 1. The third-order valence-electron chi connectivity index (χ3n) is 7.94. The van der Waals surface area contributed by atoms with Gasteiger partial charge < -0.3 is 19.9 Å². The topological polar surface area (TPSA) is 101 Å². The average molecular weight is 626 g/mol. The maximum absolute atomic E-state index is 13.3. The molecule has 3 aromatic rings. The van der Waals surface area contributed by atoms with Crippen LogP contribution < -0.4 is 10.2 Å². The molecule has 0 atom stereocenters. The lowest BCUT2D eigenvalue weighted by Crippen LogP contribution is -2.50. The summed E-state index contributed by atoms with van der Waals surface area (Å²) in [5.74, 6) is 0.455. The molecule has 0 spiro atoms. The van der Waals surface area contributed by atoms with Crippen LogP contribution in [-0.2, 0) is 21.9 Å². The number of ether oxygens (including phenoxy) is 1. The average Bonchev–Trinajstić information content (AvgIpc) is 2.99. The van der Waals surface area contributed by atoms with Crippen LogP contribution in [0.2, 0.25) is 0 Å². The Labute approximate surface area is 247 Å². The molecule has 1 aliphatic heterocycles. The van der Waals surface area contributed by atoms with Crippen LogP contribution in [0.4, 0.5) is 43.5 Å². The lowest BCUT2D eigenvalue weighted by molar-refractivity contribution is -0.388. The summed E-state index contributed by atoms with van der Waals surface area (Å²) in [5.41, 5.74) is -2.44. The SMILES string of the molecule is O=C(COC1CCC(Nc2ccc([N+](=O)[O-])c(C(F)(F)F)c2)CC1)N1CCN(c2ccc3cc(C(F)(F)F)ccc3n2)CC1. The van der Waals surface area contributed by atoms with Crippen LogP contribution in [0.3, 0.4) is 0 Å². The minimum absolute atomic E-state index is 0.101. The molecule has 2 aliphatic rings. The van der Waals surface area contributed by atoms with Crippen molar-refractivity contribution in [2.24, 2.45) is 0 Å². The molecule has 2 fully saturated rings. The zero-order chi connectivity index (χ0) is 31.6. The largest absolute Gasteiger partial charge is 0.423 e. The van der Waals surface area contributed by atoms with Crippen LogP contribution in [-0.4, -0.2) is 65.6 Å². The van der Waals surface area contributed by atoms with Crippen LogP contribution in [0.5, 0.6) is 0 Å². The highest BCUT2D eigenvalue weighted by Gasteiger charge is 2.38. The highest BCUT2D eigenvalue weighted by Crippen LogP contribution is 2.38. The Kier molecular flexibility index (Phi) is 8.86. The molecular weight excluding hydrogens is 596 g/mol. The van der Waals surface area contributed by atoms with Crippen molar-refractivity contribution >= 4 is 34.0 Å². The Morgan fingerprint density at radius 2 is 1.64 bits per heavy atom. The maximum Gasteiger partial charge on any atom is 0.423 e. The van der Waals surface area contributed by atoms with Crippen molar-refractivity contribution in [2.75, 3.05) is 43.0 Å². The molecule has 15 heteroatoms. The molecule has 2 aromatic carbocycles. The van der Waals surface area contributed by atoms with Crippen LogP contribution >= 0.6 is 0 Å². The Bertz CT molecular complexity index is 1520. The van der Waals surface area contributed by atoms with Gasteiger partial charge in [-0.1, -0.05) is 0 Å². The predicted octanol–water partition coefficient (Wildman–Crippen LogP) is 6.27. The second-order valence-corrected chi connectivity index (χ2v) is 10.9. The van der Waals surface area contributed by atoms with Gasteiger partial charge in [0.25, 0.3) is 5.69 Å². The zero-order valence-corrected chi connectivity index (χ0v) is 23.3. The number of alkyl halides is 6. The van der Waals surface area contributed by atoms with Gasteiger partial charge in [0, 0.05) is 49.4 Å². The zero-order valence-electron chi connectivity index (χ0n) is 23.3. The number of carbonyl (C=O) groups is 1. The van der Waals surface area contributed by atoms with E-state index < -0.39 is 34.1 Å². The van der Waals surface area contributed by atoms with Crippen molar-refractivity contribution in [1.82, 2.24) is 9.88 Å². The minimum atomic E-state index is -4.86. The number of pyridine rings is 1. The van der Waals surface area contributed by atoms with Gasteiger partial charge in [-0.3, -0.25) is 14.9 Å². The number of halogens is 6. The van der Waals surface area contributed by atoms with E-state index in [1.54, 1.807) is 17.0 Å². The summed E-state index contributed by atoms with van der Waals surface area (Å²) in [6.07, 6.45) is -7.10. The first-order chi connectivity index (χ1) is 20.8. The number of nitro benzene ring substituents is 1. The van der Waals surface area contributed by atoms with Crippen LogP contribution in [0.25, 0.3) is 10.9 Å². The molecule has 1 amide bonds. The second kappa shape index (κ2) is 12.5. The fourth-order valence-corrected chi connectivity index (χ4v) is 5.55. The van der Waals surface area contributed by atoms with Crippen LogP contribution in [0.15, 0.2) is 48.5 Å². The van der Waals surface area contributed by atoms with Gasteiger partial charge in [0.1, 0.15) is 18.0 Å². The summed E-state index contributed by atoms with van der Waals surface area (Å²) >= 11 is 0. The van der Waals surface area contributed by atoms with E-state index >= 15 is 0 Å². The molecule has 1 saturated heterocycles. The van der Waals surface area contributed by atoms with E-state index in [4.69, 9.17) is 4.74 Å². The van der Waals surface area contributed by atoms with Crippen molar-refractivity contribution in [3.63, 3.8) is 0 Å². The molecule has 9 nitrogen and oxygen atoms in total. The van der Waals surface area contributed by atoms with Gasteiger partial charge in [-0.2, -0.15) is 26.3 Å². The minimum Gasteiger partial charge on any atom is -0.382 e. The third kappa shape index (κ3) is 7.31. The number of hydrogen-bond acceptors (Lipinski definition) is 7. The number of carbonyl (C=O) groups excluding carboxylic acids is 1. The van der Waals surface area contributed by atoms with E-state index in [1.165, 1.54) is 12.1 Å². The number of fused-ring (bicyclic) bond motifs is 1. The number of nitrogens with zero attached hydrogens (tertiary/aromatic N) is 4. The number of aromatic nitrogens is 1. The molecule has 5 rings (SSSR count). The Morgan fingerprint density at radius 3 is 2.27 bits per heavy atom. The fraction of sp³-hybridized carbons (Fsp3) is 0.448. The van der Waals surface area contributed by atoms with Gasteiger partial charge in [0.15, 0.2) is 0 Å². The van der Waals surface area contributed by atoms with E-state index in [2.05, 4.69) is 10.3 Å². The number of piperazine rings is 1. The van der Waals surface area contributed by atoms with Gasteiger partial charge >= 0.3 is 12.4 Å². The molecule has 44 heavy (non-hydrogen) atoms. The first kappa shape index (κ1) is 31.3. The Hall–Kier alpha value is -4.14. The quantitative estimate of drug-likeness (QED) is 0.188. The number of rotatable bonds is 7. The molecule has 1 aliphatic carbocycles. The van der Waals surface area contributed by atoms with Crippen molar-refractivity contribution in [2.45, 2.75) is 50.2 Å². The lowest BCUT2D eigenvalue weighted by atomic mass is 9.92. The van der Waals surface area contributed by atoms with Crippen LogP contribution in [0, 0.1) is 10.1 Å². The standard InChI is InChI=1S/C29H29F6N5O4/c30-28(31,32)19-2-8-24-18(15-19)1-10-26(37-24)38-11-13-39(14-12-38)27(41)17-44-22-6-3-20(4-7-22)36-21-5-9-25(40(42)43)23(16-21)29(33,34)35/h1-2,5,8-10,15-16,20,22,36H,3-4,6-7,11-14,17H2. The van der Waals surface area contributed by atoms with Crippen molar-refractivity contribution in [1.29, 1.82) is 0 Å². The Balaban J connectivity index is 1.06. The maximum atomic E-state index is 13.3. The first-order valence-electron chi connectivity index (χ1n) is 14.0. The summed E-state index contributed by atoms with van der Waals surface area (Å²) in [4.78, 5) is 30.9.